The minimum atomic E-state index is 0. The molecule has 8 nitrogen and oxygen atoms in total. The largest absolute Gasteiger partial charge is 0.324 e. The van der Waals surface area contributed by atoms with Crippen LogP contribution >= 0.6 is 0 Å². The third kappa shape index (κ3) is 3.57. The number of nitrogens with zero attached hydrogens (tertiary/aromatic N) is 6. The van der Waals surface area contributed by atoms with Crippen LogP contribution < -0.4 is 0 Å². The predicted octanol–water partition coefficient (Wildman–Crippen LogP) is 6.87. The van der Waals surface area contributed by atoms with E-state index in [1.165, 1.54) is 0 Å². The van der Waals surface area contributed by atoms with E-state index in [1.807, 2.05) is 97.1 Å². The van der Waals surface area contributed by atoms with Gasteiger partial charge >= 0.3 is 0 Å². The smallest absolute Gasteiger partial charge is 0.164 e. The number of aromatic amines is 2. The Morgan fingerprint density at radius 3 is 0.829 bits per heavy atom. The maximum atomic E-state index is 5.02. The van der Waals surface area contributed by atoms with Crippen LogP contribution in [0.5, 0.6) is 0 Å². The van der Waals surface area contributed by atoms with Gasteiger partial charge < -0.3 is 9.97 Å². The Bertz CT molecular complexity index is 2030. The van der Waals surface area contributed by atoms with Crippen LogP contribution in [0.1, 0.15) is 0 Å². The van der Waals surface area contributed by atoms with Crippen molar-refractivity contribution in [3.8, 4) is 45.6 Å². The van der Waals surface area contributed by atoms with Gasteiger partial charge in [-0.2, -0.15) is 0 Å². The van der Waals surface area contributed by atoms with E-state index >= 15 is 0 Å². The molecule has 0 amide bonds. The fraction of sp³-hybridized carbons (Fsp3) is 0. The molecule has 9 rings (SSSR count). The van der Waals surface area contributed by atoms with Crippen molar-refractivity contribution in [2.45, 2.75) is 0 Å². The van der Waals surface area contributed by atoms with Gasteiger partial charge in [0.15, 0.2) is 23.3 Å². The van der Waals surface area contributed by atoms with Crippen LogP contribution in [0.25, 0.3) is 89.7 Å². The summed E-state index contributed by atoms with van der Waals surface area (Å²) < 4.78 is 0. The molecule has 0 saturated carbocycles. The molecule has 4 aromatic carbocycles. The molecule has 8 bridgehead atoms. The van der Waals surface area contributed by atoms with Crippen LogP contribution in [-0.4, -0.2) is 39.9 Å². The van der Waals surface area contributed by atoms with E-state index in [2.05, 4.69) is 9.97 Å². The number of rotatable bonds is 0. The van der Waals surface area contributed by atoms with E-state index in [0.29, 0.717) is 45.9 Å². The second-order valence-corrected chi connectivity index (χ2v) is 9.79. The van der Waals surface area contributed by atoms with Crippen molar-refractivity contribution in [1.82, 2.24) is 39.9 Å². The number of nitrogens with one attached hydrogen (secondary N) is 2. The van der Waals surface area contributed by atoms with E-state index in [4.69, 9.17) is 29.9 Å². The molecule has 0 saturated heterocycles. The molecule has 0 spiro atoms. The molecule has 2 aliphatic heterocycles. The maximum absolute atomic E-state index is 5.02. The minimum absolute atomic E-state index is 0. The second kappa shape index (κ2) is 8.96. The standard InChI is InChI=1S/C32H18N8.Re/c1-2-10-18-17(9-1)25-33-26(18)38-28-21-13-5-6-14-22(21)30(35-28)40-32-24-16-8-7-15-23(24)31(36-32)39-29-20-12-4-3-11-19(20)27(34-29)37-25;/h1-16H,(H2,33,34,35,36,37,38,39,40);. The molecule has 0 atom stereocenters. The van der Waals surface area contributed by atoms with Gasteiger partial charge in [0.1, 0.15) is 22.6 Å². The second-order valence-electron chi connectivity index (χ2n) is 9.79. The van der Waals surface area contributed by atoms with Gasteiger partial charge in [-0.05, 0) is 0 Å². The SMILES string of the molecule is [Re].c1ccc2c(c1)-c1nc-2nc2[nH]c(nc3nc(nc4[nH]c(n1)c1ccccc41)-c1ccccc1-3)c1ccccc21. The number of hydrogen-bond acceptors (Lipinski definition) is 6. The quantitative estimate of drug-likeness (QED) is 0.179. The first kappa shape index (κ1) is 23.8. The van der Waals surface area contributed by atoms with E-state index in [-0.39, 0.29) is 20.4 Å². The van der Waals surface area contributed by atoms with Crippen molar-refractivity contribution in [2.24, 2.45) is 0 Å². The normalized spacial score (nSPS) is 11.7. The van der Waals surface area contributed by atoms with Gasteiger partial charge in [-0.15, -0.1) is 0 Å². The summed E-state index contributed by atoms with van der Waals surface area (Å²) in [7, 11) is 0. The molecule has 7 aromatic rings. The summed E-state index contributed by atoms with van der Waals surface area (Å²) in [5.74, 6) is 2.39. The Balaban J connectivity index is 0.00000256. The fourth-order valence-electron chi connectivity index (χ4n) is 5.59. The summed E-state index contributed by atoms with van der Waals surface area (Å²) in [6.07, 6.45) is 0. The van der Waals surface area contributed by atoms with E-state index in [0.717, 1.165) is 43.8 Å². The average molecular weight is 701 g/mol. The molecule has 2 N–H and O–H groups in total. The van der Waals surface area contributed by atoms with Gasteiger partial charge in [-0.3, -0.25) is 0 Å². The number of aromatic nitrogens is 8. The first-order valence-corrected chi connectivity index (χ1v) is 13.0. The Hall–Kier alpha value is -5.10. The van der Waals surface area contributed by atoms with Gasteiger partial charge in [0.05, 0.1) is 0 Å². The van der Waals surface area contributed by atoms with Crippen LogP contribution in [0.15, 0.2) is 97.1 Å². The van der Waals surface area contributed by atoms with Crippen molar-refractivity contribution in [1.29, 1.82) is 0 Å². The summed E-state index contributed by atoms with van der Waals surface area (Å²) in [6.45, 7) is 0. The molecular weight excluding hydrogens is 683 g/mol. The maximum Gasteiger partial charge on any atom is 0.164 e. The first-order chi connectivity index (χ1) is 19.8. The van der Waals surface area contributed by atoms with Crippen molar-refractivity contribution < 1.29 is 20.4 Å². The van der Waals surface area contributed by atoms with E-state index in [1.54, 1.807) is 0 Å². The summed E-state index contributed by atoms with van der Waals surface area (Å²) >= 11 is 0. The Labute approximate surface area is 246 Å². The van der Waals surface area contributed by atoms with Crippen molar-refractivity contribution >= 4 is 44.1 Å². The van der Waals surface area contributed by atoms with Crippen LogP contribution in [0, 0.1) is 0 Å². The Morgan fingerprint density at radius 2 is 0.561 bits per heavy atom. The van der Waals surface area contributed by atoms with Crippen LogP contribution in [0.3, 0.4) is 0 Å². The summed E-state index contributed by atoms with van der Waals surface area (Å²) in [6, 6.07) is 32.2. The third-order valence-electron chi connectivity index (χ3n) is 7.46. The minimum Gasteiger partial charge on any atom is -0.324 e. The van der Waals surface area contributed by atoms with Crippen LogP contribution in [0.2, 0.25) is 0 Å². The molecule has 2 aliphatic rings. The molecule has 0 aliphatic carbocycles. The van der Waals surface area contributed by atoms with Crippen molar-refractivity contribution in [3.63, 3.8) is 0 Å². The number of H-pyrrole nitrogens is 2. The van der Waals surface area contributed by atoms with E-state index < -0.39 is 0 Å². The third-order valence-corrected chi connectivity index (χ3v) is 7.46. The molecule has 193 valence electrons. The van der Waals surface area contributed by atoms with Gasteiger partial charge in [-0.25, -0.2) is 29.9 Å². The molecule has 5 heterocycles. The van der Waals surface area contributed by atoms with E-state index in [9.17, 15) is 0 Å². The Morgan fingerprint density at radius 1 is 0.317 bits per heavy atom. The average Bonchev–Trinajstić information content (AvgIpc) is 3.73. The van der Waals surface area contributed by atoms with Gasteiger partial charge in [0.25, 0.3) is 0 Å². The van der Waals surface area contributed by atoms with Crippen LogP contribution in [0.4, 0.5) is 0 Å². The zero-order valence-corrected chi connectivity index (χ0v) is 24.0. The number of fused-ring (bicyclic) bond motifs is 20. The summed E-state index contributed by atoms with van der Waals surface area (Å²) in [5, 5.41) is 3.82. The number of benzene rings is 4. The molecule has 0 fully saturated rings. The first-order valence-electron chi connectivity index (χ1n) is 13.0. The molecule has 0 unspecified atom stereocenters. The monoisotopic (exact) mass is 701 g/mol. The zero-order chi connectivity index (χ0) is 26.2. The van der Waals surface area contributed by atoms with Crippen LogP contribution in [-0.2, 0) is 20.4 Å². The Kier molecular flexibility index (Phi) is 5.19. The number of hydrogen-bond donors (Lipinski definition) is 2. The molecule has 1 radical (unpaired) electrons. The predicted molar refractivity (Wildman–Crippen MR) is 156 cm³/mol. The molecule has 41 heavy (non-hydrogen) atoms. The zero-order valence-electron chi connectivity index (χ0n) is 21.3. The topological polar surface area (TPSA) is 109 Å². The van der Waals surface area contributed by atoms with Gasteiger partial charge in [-0.1, -0.05) is 97.1 Å². The van der Waals surface area contributed by atoms with Crippen molar-refractivity contribution in [3.05, 3.63) is 97.1 Å². The summed E-state index contributed by atoms with van der Waals surface area (Å²) in [4.78, 5) is 36.8. The van der Waals surface area contributed by atoms with Gasteiger partial charge in [0, 0.05) is 64.2 Å². The fourth-order valence-corrected chi connectivity index (χ4v) is 5.59. The molecule has 3 aromatic heterocycles. The molecule has 9 heteroatoms. The van der Waals surface area contributed by atoms with Gasteiger partial charge in [0.2, 0.25) is 0 Å². The van der Waals surface area contributed by atoms with Crippen molar-refractivity contribution in [2.75, 3.05) is 0 Å². The molecular formula is C32H18N8Re. The summed E-state index contributed by atoms with van der Waals surface area (Å²) in [5.41, 5.74) is 6.45.